The zero-order valence-electron chi connectivity index (χ0n) is 6.50. The Hall–Kier alpha value is -0.860. The average molecular weight is 137 g/mol. The molecule has 0 aromatic heterocycles. The first-order valence-corrected chi connectivity index (χ1v) is 3.46. The molecule has 1 aliphatic carbocycles. The van der Waals surface area contributed by atoms with Gasteiger partial charge >= 0.3 is 0 Å². The Morgan fingerprint density at radius 2 is 2.00 bits per heavy atom. The molecule has 0 aromatic rings. The molecule has 1 aliphatic heterocycles. The molecule has 0 bridgehead atoms. The van der Waals surface area contributed by atoms with Gasteiger partial charge in [0.05, 0.1) is 0 Å². The summed E-state index contributed by atoms with van der Waals surface area (Å²) in [7, 11) is 1.96. The number of hydrogen-bond acceptors (Lipinski definition) is 3. The Labute approximate surface area is 60.4 Å². The van der Waals surface area contributed by atoms with E-state index in [2.05, 4.69) is 36.3 Å². The van der Waals surface area contributed by atoms with Crippen LogP contribution in [-0.4, -0.2) is 23.1 Å². The minimum atomic E-state index is -0.0538. The SMILES string of the molecule is CN1N=NC2(C)C=CC12C. The fourth-order valence-corrected chi connectivity index (χ4v) is 1.39. The highest BCUT2D eigenvalue weighted by atomic mass is 15.6. The second-order valence-electron chi connectivity index (χ2n) is 3.34. The summed E-state index contributed by atoms with van der Waals surface area (Å²) >= 11 is 0. The summed E-state index contributed by atoms with van der Waals surface area (Å²) in [6.45, 7) is 4.24. The lowest BCUT2D eigenvalue weighted by Gasteiger charge is -2.43. The lowest BCUT2D eigenvalue weighted by atomic mass is 9.71. The number of hydrogen-bond donors (Lipinski definition) is 0. The molecule has 0 radical (unpaired) electrons. The van der Waals surface area contributed by atoms with Crippen molar-refractivity contribution < 1.29 is 0 Å². The molecule has 0 saturated heterocycles. The Balaban J connectivity index is 2.46. The Morgan fingerprint density at radius 1 is 1.30 bits per heavy atom. The van der Waals surface area contributed by atoms with E-state index < -0.39 is 0 Å². The zero-order valence-corrected chi connectivity index (χ0v) is 6.50. The molecule has 2 unspecified atom stereocenters. The fraction of sp³-hybridized carbons (Fsp3) is 0.714. The summed E-state index contributed by atoms with van der Waals surface area (Å²) in [6.07, 6.45) is 4.24. The first-order valence-electron chi connectivity index (χ1n) is 3.46. The maximum Gasteiger partial charge on any atom is 0.127 e. The molecule has 54 valence electrons. The highest BCUT2D eigenvalue weighted by Crippen LogP contribution is 2.46. The van der Waals surface area contributed by atoms with Crippen LogP contribution in [0.15, 0.2) is 22.5 Å². The molecule has 0 saturated carbocycles. The minimum Gasteiger partial charge on any atom is -0.269 e. The van der Waals surface area contributed by atoms with Gasteiger partial charge in [-0.2, -0.15) is 5.11 Å². The highest BCUT2D eigenvalue weighted by Gasteiger charge is 2.55. The third-order valence-electron chi connectivity index (χ3n) is 2.82. The van der Waals surface area contributed by atoms with E-state index >= 15 is 0 Å². The topological polar surface area (TPSA) is 28.0 Å². The van der Waals surface area contributed by atoms with E-state index in [0.717, 1.165) is 0 Å². The minimum absolute atomic E-state index is 0.0486. The third kappa shape index (κ3) is 0.365. The first-order chi connectivity index (χ1) is 4.58. The molecule has 0 amide bonds. The van der Waals surface area contributed by atoms with Gasteiger partial charge in [0.25, 0.3) is 0 Å². The van der Waals surface area contributed by atoms with Crippen molar-refractivity contribution in [2.24, 2.45) is 10.3 Å². The standard InChI is InChI=1S/C7H11N3/c1-6-4-5-7(6,2)10(3)9-8-6/h4-5H,1-3H3. The third-order valence-corrected chi connectivity index (χ3v) is 2.82. The maximum absolute atomic E-state index is 4.15. The van der Waals surface area contributed by atoms with Crippen molar-refractivity contribution in [3.63, 3.8) is 0 Å². The van der Waals surface area contributed by atoms with Crippen molar-refractivity contribution in [1.82, 2.24) is 5.01 Å². The van der Waals surface area contributed by atoms with Crippen molar-refractivity contribution in [2.75, 3.05) is 7.05 Å². The summed E-state index contributed by atoms with van der Waals surface area (Å²) in [6, 6.07) is 0. The van der Waals surface area contributed by atoms with E-state index in [-0.39, 0.29) is 11.1 Å². The summed E-state index contributed by atoms with van der Waals surface area (Å²) in [5.41, 5.74) is -0.00521. The summed E-state index contributed by atoms with van der Waals surface area (Å²) in [4.78, 5) is 0. The van der Waals surface area contributed by atoms with Crippen LogP contribution in [0, 0.1) is 0 Å². The molecule has 1 heterocycles. The molecule has 0 fully saturated rings. The van der Waals surface area contributed by atoms with Gasteiger partial charge in [0.1, 0.15) is 11.1 Å². The van der Waals surface area contributed by atoms with Gasteiger partial charge in [0.2, 0.25) is 0 Å². The molecule has 2 aliphatic rings. The maximum atomic E-state index is 4.15. The predicted octanol–water partition coefficient (Wildman–Crippen LogP) is 1.39. The van der Waals surface area contributed by atoms with Gasteiger partial charge in [-0.05, 0) is 13.8 Å². The molecule has 2 rings (SSSR count). The molecule has 2 atom stereocenters. The summed E-state index contributed by atoms with van der Waals surface area (Å²) < 4.78 is 0. The quantitative estimate of drug-likeness (QED) is 0.463. The Kier molecular flexibility index (Phi) is 0.743. The van der Waals surface area contributed by atoms with E-state index in [1.165, 1.54) is 0 Å². The number of likely N-dealkylation sites (N-methyl/N-ethyl adjacent to an activating group) is 1. The van der Waals surface area contributed by atoms with Gasteiger partial charge in [-0.15, -0.1) is 0 Å². The van der Waals surface area contributed by atoms with Crippen molar-refractivity contribution >= 4 is 0 Å². The van der Waals surface area contributed by atoms with Crippen LogP contribution in [-0.2, 0) is 0 Å². The molecule has 3 nitrogen and oxygen atoms in total. The smallest absolute Gasteiger partial charge is 0.127 e. The van der Waals surface area contributed by atoms with Crippen LogP contribution in [0.5, 0.6) is 0 Å². The summed E-state index contributed by atoms with van der Waals surface area (Å²) in [5.74, 6) is 0. The van der Waals surface area contributed by atoms with Crippen LogP contribution < -0.4 is 0 Å². The average Bonchev–Trinajstić information content (AvgIpc) is 2.04. The molecule has 0 spiro atoms. The Morgan fingerprint density at radius 3 is 2.20 bits per heavy atom. The number of fused-ring (bicyclic) bond motifs is 1. The van der Waals surface area contributed by atoms with Crippen molar-refractivity contribution in [2.45, 2.75) is 24.9 Å². The van der Waals surface area contributed by atoms with E-state index in [1.54, 1.807) is 0 Å². The van der Waals surface area contributed by atoms with Gasteiger partial charge < -0.3 is 0 Å². The van der Waals surface area contributed by atoms with Crippen LogP contribution in [0.25, 0.3) is 0 Å². The molecular weight excluding hydrogens is 126 g/mol. The lowest BCUT2D eigenvalue weighted by molar-refractivity contribution is 0.163. The summed E-state index contributed by atoms with van der Waals surface area (Å²) in [5, 5.41) is 10.1. The molecular formula is C7H11N3. The van der Waals surface area contributed by atoms with Gasteiger partial charge in [0.15, 0.2) is 0 Å². The van der Waals surface area contributed by atoms with Crippen LogP contribution in [0.1, 0.15) is 13.8 Å². The van der Waals surface area contributed by atoms with Crippen LogP contribution in [0.3, 0.4) is 0 Å². The highest BCUT2D eigenvalue weighted by molar-refractivity contribution is 5.36. The second kappa shape index (κ2) is 1.26. The van der Waals surface area contributed by atoms with Crippen LogP contribution >= 0.6 is 0 Å². The van der Waals surface area contributed by atoms with Gasteiger partial charge in [-0.3, -0.25) is 5.01 Å². The van der Waals surface area contributed by atoms with Gasteiger partial charge in [-0.1, -0.05) is 17.4 Å². The monoisotopic (exact) mass is 137 g/mol. The molecule has 3 heteroatoms. The van der Waals surface area contributed by atoms with Crippen molar-refractivity contribution in [3.05, 3.63) is 12.2 Å². The molecule has 10 heavy (non-hydrogen) atoms. The molecule has 0 aromatic carbocycles. The van der Waals surface area contributed by atoms with Crippen molar-refractivity contribution in [3.8, 4) is 0 Å². The van der Waals surface area contributed by atoms with Crippen molar-refractivity contribution in [1.29, 1.82) is 0 Å². The van der Waals surface area contributed by atoms with E-state index in [4.69, 9.17) is 0 Å². The zero-order chi connectivity index (χ0) is 7.41. The van der Waals surface area contributed by atoms with E-state index in [9.17, 15) is 0 Å². The van der Waals surface area contributed by atoms with Crippen LogP contribution in [0.4, 0.5) is 0 Å². The lowest BCUT2D eigenvalue weighted by Crippen LogP contribution is -2.56. The predicted molar refractivity (Wildman–Crippen MR) is 38.6 cm³/mol. The van der Waals surface area contributed by atoms with Gasteiger partial charge in [-0.25, -0.2) is 0 Å². The van der Waals surface area contributed by atoms with E-state index in [1.807, 2.05) is 12.1 Å². The normalized spacial score (nSPS) is 49.3. The second-order valence-corrected chi connectivity index (χ2v) is 3.34. The van der Waals surface area contributed by atoms with Crippen LogP contribution in [0.2, 0.25) is 0 Å². The molecule has 0 N–H and O–H groups in total. The largest absolute Gasteiger partial charge is 0.269 e. The Bertz CT molecular complexity index is 233. The number of nitrogens with zero attached hydrogens (tertiary/aromatic N) is 3. The number of rotatable bonds is 0. The van der Waals surface area contributed by atoms with E-state index in [0.29, 0.717) is 0 Å². The van der Waals surface area contributed by atoms with Gasteiger partial charge in [0, 0.05) is 7.05 Å². The fourth-order valence-electron chi connectivity index (χ4n) is 1.39. The first kappa shape index (κ1) is 5.89.